The Morgan fingerprint density at radius 2 is 1.61 bits per heavy atom. The van der Waals surface area contributed by atoms with Crippen LogP contribution in [-0.4, -0.2) is 26.1 Å². The molecule has 2 aromatic carbocycles. The van der Waals surface area contributed by atoms with Gasteiger partial charge in [-0.25, -0.2) is 0 Å². The highest BCUT2D eigenvalue weighted by atomic mass is 35.5. The van der Waals surface area contributed by atoms with Gasteiger partial charge in [-0.1, -0.05) is 11.6 Å². The number of anilines is 1. The summed E-state index contributed by atoms with van der Waals surface area (Å²) in [5.41, 5.74) is 0.508. The fourth-order valence-corrected chi connectivity index (χ4v) is 3.48. The van der Waals surface area contributed by atoms with Crippen LogP contribution in [0.25, 0.3) is 0 Å². The average molecular weight is 354 g/mol. The van der Waals surface area contributed by atoms with E-state index in [1.165, 1.54) is 6.07 Å². The maximum absolute atomic E-state index is 11.7. The molecule has 122 valence electrons. The molecule has 0 spiro atoms. The largest absolute Gasteiger partial charge is 0.457 e. The van der Waals surface area contributed by atoms with Crippen molar-refractivity contribution in [1.29, 1.82) is 0 Å². The van der Waals surface area contributed by atoms with Crippen LogP contribution in [0.15, 0.2) is 47.4 Å². The summed E-state index contributed by atoms with van der Waals surface area (Å²) in [6, 6.07) is 11.4. The Hall–Kier alpha value is -1.76. The Bertz CT molecular complexity index is 799. The van der Waals surface area contributed by atoms with Crippen molar-refractivity contribution >= 4 is 27.4 Å². The van der Waals surface area contributed by atoms with Crippen molar-refractivity contribution in [3.05, 3.63) is 47.5 Å². The minimum absolute atomic E-state index is 0.133. The number of halogens is 1. The molecular formula is C16H16ClNO4S. The van der Waals surface area contributed by atoms with Gasteiger partial charge in [-0.15, -0.1) is 0 Å². The Kier molecular flexibility index (Phi) is 4.48. The average Bonchev–Trinajstić information content (AvgIpc) is 3.03. The van der Waals surface area contributed by atoms with E-state index in [0.29, 0.717) is 22.2 Å². The summed E-state index contributed by atoms with van der Waals surface area (Å²) in [6.07, 6.45) is 2.02. The monoisotopic (exact) mass is 353 g/mol. The fourth-order valence-electron chi connectivity index (χ4n) is 2.62. The zero-order chi connectivity index (χ0) is 16.4. The van der Waals surface area contributed by atoms with Crippen molar-refractivity contribution in [1.82, 2.24) is 0 Å². The molecule has 0 unspecified atom stereocenters. The molecule has 1 heterocycles. The number of hydrogen-bond acceptors (Lipinski definition) is 4. The normalized spacial score (nSPS) is 15.0. The third-order valence-electron chi connectivity index (χ3n) is 3.71. The van der Waals surface area contributed by atoms with Gasteiger partial charge in [-0.05, 0) is 49.2 Å². The zero-order valence-electron chi connectivity index (χ0n) is 12.3. The molecule has 23 heavy (non-hydrogen) atoms. The van der Waals surface area contributed by atoms with E-state index in [0.717, 1.165) is 25.9 Å². The standard InChI is InChI=1S/C16H16ClNO4S/c17-12-3-5-13(6-4-12)22-14-7-8-15(18-9-1-2-10-18)16(11-14)23(19,20)21/h3-8,11H,1-2,9-10H2,(H,19,20,21). The van der Waals surface area contributed by atoms with Gasteiger partial charge in [0.2, 0.25) is 0 Å². The Labute approximate surface area is 140 Å². The van der Waals surface area contributed by atoms with Crippen LogP contribution in [-0.2, 0) is 10.1 Å². The van der Waals surface area contributed by atoms with E-state index in [2.05, 4.69) is 0 Å². The number of hydrogen-bond donors (Lipinski definition) is 1. The van der Waals surface area contributed by atoms with Crippen LogP contribution in [0.5, 0.6) is 11.5 Å². The van der Waals surface area contributed by atoms with E-state index >= 15 is 0 Å². The minimum atomic E-state index is -4.34. The zero-order valence-corrected chi connectivity index (χ0v) is 13.8. The van der Waals surface area contributed by atoms with Gasteiger partial charge in [0.15, 0.2) is 0 Å². The van der Waals surface area contributed by atoms with Gasteiger partial charge < -0.3 is 9.64 Å². The highest BCUT2D eigenvalue weighted by molar-refractivity contribution is 7.86. The first-order valence-electron chi connectivity index (χ1n) is 7.23. The molecule has 1 aliphatic heterocycles. The first-order valence-corrected chi connectivity index (χ1v) is 9.05. The Morgan fingerprint density at radius 3 is 2.22 bits per heavy atom. The summed E-state index contributed by atoms with van der Waals surface area (Å²) in [5.74, 6) is 0.868. The SMILES string of the molecule is O=S(=O)(O)c1cc(Oc2ccc(Cl)cc2)ccc1N1CCCC1. The number of rotatable bonds is 4. The molecular weight excluding hydrogens is 338 g/mol. The summed E-state index contributed by atoms with van der Waals surface area (Å²) in [5, 5.41) is 0.584. The highest BCUT2D eigenvalue weighted by Gasteiger charge is 2.23. The maximum atomic E-state index is 11.7. The van der Waals surface area contributed by atoms with E-state index in [1.807, 2.05) is 4.90 Å². The fraction of sp³-hybridized carbons (Fsp3) is 0.250. The Balaban J connectivity index is 1.95. The summed E-state index contributed by atoms with van der Waals surface area (Å²) in [6.45, 7) is 1.56. The van der Waals surface area contributed by atoms with E-state index in [9.17, 15) is 13.0 Å². The van der Waals surface area contributed by atoms with Gasteiger partial charge in [-0.3, -0.25) is 4.55 Å². The molecule has 0 aromatic heterocycles. The van der Waals surface area contributed by atoms with Crippen molar-refractivity contribution in [3.63, 3.8) is 0 Å². The molecule has 3 rings (SSSR count). The summed E-state index contributed by atoms with van der Waals surface area (Å²) in [7, 11) is -4.34. The summed E-state index contributed by atoms with van der Waals surface area (Å²) >= 11 is 5.82. The molecule has 1 fully saturated rings. The smallest absolute Gasteiger partial charge is 0.296 e. The predicted octanol–water partition coefficient (Wildman–Crippen LogP) is 3.98. The molecule has 1 saturated heterocycles. The van der Waals surface area contributed by atoms with Crippen LogP contribution in [0.1, 0.15) is 12.8 Å². The summed E-state index contributed by atoms with van der Waals surface area (Å²) in [4.78, 5) is 1.82. The molecule has 0 bridgehead atoms. The first kappa shape index (κ1) is 16.1. The lowest BCUT2D eigenvalue weighted by molar-refractivity contribution is 0.471. The van der Waals surface area contributed by atoms with Gasteiger partial charge in [-0.2, -0.15) is 8.42 Å². The second-order valence-corrected chi connectivity index (χ2v) is 7.18. The van der Waals surface area contributed by atoms with Crippen LogP contribution in [0, 0.1) is 0 Å². The van der Waals surface area contributed by atoms with E-state index in [-0.39, 0.29) is 4.90 Å². The number of ether oxygens (including phenoxy) is 1. The van der Waals surface area contributed by atoms with E-state index < -0.39 is 10.1 Å². The molecule has 2 aromatic rings. The van der Waals surface area contributed by atoms with Gasteiger partial charge in [0.25, 0.3) is 10.1 Å². The lowest BCUT2D eigenvalue weighted by Crippen LogP contribution is -2.20. The van der Waals surface area contributed by atoms with Crippen LogP contribution in [0.2, 0.25) is 5.02 Å². The molecule has 0 saturated carbocycles. The third kappa shape index (κ3) is 3.77. The number of benzene rings is 2. The Morgan fingerprint density at radius 1 is 1.00 bits per heavy atom. The van der Waals surface area contributed by atoms with Gasteiger partial charge >= 0.3 is 0 Å². The second-order valence-electron chi connectivity index (χ2n) is 5.35. The van der Waals surface area contributed by atoms with Crippen molar-refractivity contribution in [3.8, 4) is 11.5 Å². The minimum Gasteiger partial charge on any atom is -0.457 e. The lowest BCUT2D eigenvalue weighted by Gasteiger charge is -2.20. The van der Waals surface area contributed by atoms with E-state index in [1.54, 1.807) is 36.4 Å². The van der Waals surface area contributed by atoms with Crippen molar-refractivity contribution in [2.24, 2.45) is 0 Å². The van der Waals surface area contributed by atoms with Gasteiger partial charge in [0, 0.05) is 24.2 Å². The van der Waals surface area contributed by atoms with Crippen LogP contribution in [0.3, 0.4) is 0 Å². The highest BCUT2D eigenvalue weighted by Crippen LogP contribution is 2.33. The maximum Gasteiger partial charge on any atom is 0.296 e. The van der Waals surface area contributed by atoms with Gasteiger partial charge in [0.05, 0.1) is 5.69 Å². The second kappa shape index (κ2) is 6.39. The van der Waals surface area contributed by atoms with Crippen LogP contribution < -0.4 is 9.64 Å². The number of nitrogens with zero attached hydrogens (tertiary/aromatic N) is 1. The molecule has 5 nitrogen and oxygen atoms in total. The van der Waals surface area contributed by atoms with Crippen LogP contribution >= 0.6 is 11.6 Å². The van der Waals surface area contributed by atoms with E-state index in [4.69, 9.17) is 16.3 Å². The van der Waals surface area contributed by atoms with Gasteiger partial charge in [0.1, 0.15) is 16.4 Å². The van der Waals surface area contributed by atoms with Crippen molar-refractivity contribution in [2.45, 2.75) is 17.7 Å². The molecule has 1 N–H and O–H groups in total. The topological polar surface area (TPSA) is 66.8 Å². The lowest BCUT2D eigenvalue weighted by atomic mass is 10.2. The third-order valence-corrected chi connectivity index (χ3v) is 4.84. The quantitative estimate of drug-likeness (QED) is 0.842. The van der Waals surface area contributed by atoms with Crippen molar-refractivity contribution in [2.75, 3.05) is 18.0 Å². The molecule has 0 aliphatic carbocycles. The molecule has 0 radical (unpaired) electrons. The first-order chi connectivity index (χ1) is 10.9. The van der Waals surface area contributed by atoms with Crippen LogP contribution in [0.4, 0.5) is 5.69 Å². The summed E-state index contributed by atoms with van der Waals surface area (Å²) < 4.78 is 38.6. The van der Waals surface area contributed by atoms with Crippen molar-refractivity contribution < 1.29 is 17.7 Å². The predicted molar refractivity (Wildman–Crippen MR) is 89.2 cm³/mol. The molecule has 7 heteroatoms. The molecule has 0 amide bonds. The molecule has 0 atom stereocenters. The molecule has 1 aliphatic rings.